The third kappa shape index (κ3) is 4.69. The molecule has 0 unspecified atom stereocenters. The lowest BCUT2D eigenvalue weighted by Crippen LogP contribution is -2.30. The molecule has 0 spiro atoms. The first-order valence-electron chi connectivity index (χ1n) is 9.11. The van der Waals surface area contributed by atoms with E-state index in [9.17, 15) is 9.59 Å². The van der Waals surface area contributed by atoms with Crippen LogP contribution in [0.15, 0.2) is 42.0 Å². The van der Waals surface area contributed by atoms with Gasteiger partial charge in [0.1, 0.15) is 0 Å². The van der Waals surface area contributed by atoms with E-state index in [4.69, 9.17) is 4.74 Å². The van der Waals surface area contributed by atoms with Crippen LogP contribution < -0.4 is 5.32 Å². The van der Waals surface area contributed by atoms with E-state index in [1.807, 2.05) is 31.2 Å². The molecule has 0 radical (unpaired) electrons. The zero-order chi connectivity index (χ0) is 18.4. The summed E-state index contributed by atoms with van der Waals surface area (Å²) in [6.07, 6.45) is 7.89. The molecule has 0 aliphatic heterocycles. The van der Waals surface area contributed by atoms with Crippen molar-refractivity contribution < 1.29 is 14.3 Å². The van der Waals surface area contributed by atoms with Gasteiger partial charge in [0, 0.05) is 17.6 Å². The second kappa shape index (κ2) is 8.61. The van der Waals surface area contributed by atoms with Crippen molar-refractivity contribution in [1.29, 1.82) is 0 Å². The number of esters is 1. The van der Waals surface area contributed by atoms with Crippen molar-refractivity contribution in [1.82, 2.24) is 10.3 Å². The average Bonchev–Trinajstić information content (AvgIpc) is 2.66. The molecule has 1 aromatic carbocycles. The summed E-state index contributed by atoms with van der Waals surface area (Å²) in [6.45, 7) is 2.14. The lowest BCUT2D eigenvalue weighted by molar-refractivity contribution is -0.124. The van der Waals surface area contributed by atoms with Gasteiger partial charge in [-0.3, -0.25) is 9.78 Å². The smallest absolute Gasteiger partial charge is 0.339 e. The quantitative estimate of drug-likeness (QED) is 0.636. The molecule has 2 aromatic rings. The van der Waals surface area contributed by atoms with Crippen LogP contribution in [-0.2, 0) is 9.53 Å². The van der Waals surface area contributed by atoms with Crippen molar-refractivity contribution in [2.75, 3.05) is 13.2 Å². The average molecular weight is 352 g/mol. The SMILES string of the molecule is Cc1cc(C(=O)OCC(=O)NCCC2=CCCCC2)c2ccccc2n1. The summed E-state index contributed by atoms with van der Waals surface area (Å²) in [5.74, 6) is -0.776. The van der Waals surface area contributed by atoms with Crippen molar-refractivity contribution in [3.05, 3.63) is 53.2 Å². The Hall–Kier alpha value is -2.69. The van der Waals surface area contributed by atoms with Gasteiger partial charge in [-0.05, 0) is 51.2 Å². The van der Waals surface area contributed by atoms with Crippen LogP contribution in [0.1, 0.15) is 48.2 Å². The van der Waals surface area contributed by atoms with Gasteiger partial charge >= 0.3 is 5.97 Å². The first kappa shape index (κ1) is 18.1. The van der Waals surface area contributed by atoms with Gasteiger partial charge in [-0.1, -0.05) is 29.8 Å². The highest BCUT2D eigenvalue weighted by Crippen LogP contribution is 2.20. The van der Waals surface area contributed by atoms with E-state index in [2.05, 4.69) is 16.4 Å². The van der Waals surface area contributed by atoms with Crippen molar-refractivity contribution in [3.63, 3.8) is 0 Å². The number of benzene rings is 1. The number of hydrogen-bond acceptors (Lipinski definition) is 4. The number of aromatic nitrogens is 1. The zero-order valence-electron chi connectivity index (χ0n) is 15.1. The number of carbonyl (C=O) groups excluding carboxylic acids is 2. The van der Waals surface area contributed by atoms with Crippen LogP contribution in [0.3, 0.4) is 0 Å². The summed E-state index contributed by atoms with van der Waals surface area (Å²) in [7, 11) is 0. The number of pyridine rings is 1. The summed E-state index contributed by atoms with van der Waals surface area (Å²) < 4.78 is 5.20. The van der Waals surface area contributed by atoms with Crippen LogP contribution in [0.25, 0.3) is 10.9 Å². The number of rotatable bonds is 6. The fraction of sp³-hybridized carbons (Fsp3) is 0.381. The molecule has 0 fully saturated rings. The highest BCUT2D eigenvalue weighted by Gasteiger charge is 2.15. The molecule has 1 heterocycles. The fourth-order valence-electron chi connectivity index (χ4n) is 3.23. The van der Waals surface area contributed by atoms with E-state index in [-0.39, 0.29) is 12.5 Å². The molecule has 0 saturated heterocycles. The van der Waals surface area contributed by atoms with Crippen LogP contribution in [0, 0.1) is 6.92 Å². The van der Waals surface area contributed by atoms with Gasteiger partial charge in [0.05, 0.1) is 11.1 Å². The number of carbonyl (C=O) groups is 2. The zero-order valence-corrected chi connectivity index (χ0v) is 15.1. The van der Waals surface area contributed by atoms with Gasteiger partial charge in [0.2, 0.25) is 0 Å². The predicted octanol–water partition coefficient (Wildman–Crippen LogP) is 3.71. The van der Waals surface area contributed by atoms with Crippen LogP contribution in [0.4, 0.5) is 0 Å². The van der Waals surface area contributed by atoms with E-state index in [0.29, 0.717) is 12.1 Å². The number of nitrogens with zero attached hydrogens (tertiary/aromatic N) is 1. The number of allylic oxidation sites excluding steroid dienone is 1. The first-order valence-corrected chi connectivity index (χ1v) is 9.11. The third-order valence-corrected chi connectivity index (χ3v) is 4.55. The molecule has 1 N–H and O–H groups in total. The molecule has 5 heteroatoms. The van der Waals surface area contributed by atoms with Crippen molar-refractivity contribution in [3.8, 4) is 0 Å². The van der Waals surface area contributed by atoms with Crippen molar-refractivity contribution in [2.24, 2.45) is 0 Å². The van der Waals surface area contributed by atoms with Crippen LogP contribution in [-0.4, -0.2) is 30.0 Å². The third-order valence-electron chi connectivity index (χ3n) is 4.55. The fourth-order valence-corrected chi connectivity index (χ4v) is 3.23. The second-order valence-corrected chi connectivity index (χ2v) is 6.61. The number of ether oxygens (including phenoxy) is 1. The highest BCUT2D eigenvalue weighted by molar-refractivity contribution is 6.04. The predicted molar refractivity (Wildman–Crippen MR) is 101 cm³/mol. The van der Waals surface area contributed by atoms with Gasteiger partial charge in [0.15, 0.2) is 6.61 Å². The standard InChI is InChI=1S/C21H24N2O3/c1-15-13-18(17-9-5-6-10-19(17)23-15)21(25)26-14-20(24)22-12-11-16-7-3-2-4-8-16/h5-7,9-10,13H,2-4,8,11-12,14H2,1H3,(H,22,24). The van der Waals surface area contributed by atoms with E-state index in [1.54, 1.807) is 6.07 Å². The Kier molecular flexibility index (Phi) is 6.00. The van der Waals surface area contributed by atoms with E-state index in [0.717, 1.165) is 35.9 Å². The minimum absolute atomic E-state index is 0.270. The number of aryl methyl sites for hydroxylation is 1. The lowest BCUT2D eigenvalue weighted by atomic mass is 9.97. The van der Waals surface area contributed by atoms with E-state index in [1.165, 1.54) is 18.4 Å². The monoisotopic (exact) mass is 352 g/mol. The van der Waals surface area contributed by atoms with Crippen LogP contribution >= 0.6 is 0 Å². The molecular weight excluding hydrogens is 328 g/mol. The Balaban J connectivity index is 1.52. The molecular formula is C21H24N2O3. The van der Waals surface area contributed by atoms with E-state index < -0.39 is 5.97 Å². The van der Waals surface area contributed by atoms with Gasteiger partial charge in [-0.2, -0.15) is 0 Å². The second-order valence-electron chi connectivity index (χ2n) is 6.61. The number of hydrogen-bond donors (Lipinski definition) is 1. The molecule has 1 aromatic heterocycles. The molecule has 5 nitrogen and oxygen atoms in total. The molecule has 0 bridgehead atoms. The largest absolute Gasteiger partial charge is 0.452 e. The number of para-hydroxylation sites is 1. The Morgan fingerprint density at radius 3 is 2.88 bits per heavy atom. The minimum Gasteiger partial charge on any atom is -0.452 e. The number of fused-ring (bicyclic) bond motifs is 1. The molecule has 1 amide bonds. The molecule has 3 rings (SSSR count). The van der Waals surface area contributed by atoms with Crippen molar-refractivity contribution >= 4 is 22.8 Å². The number of nitrogens with one attached hydrogen (secondary N) is 1. The Labute approximate surface area is 153 Å². The lowest BCUT2D eigenvalue weighted by Gasteiger charge is -2.13. The van der Waals surface area contributed by atoms with Crippen LogP contribution in [0.2, 0.25) is 0 Å². The summed E-state index contributed by atoms with van der Waals surface area (Å²) in [4.78, 5) is 28.7. The topological polar surface area (TPSA) is 68.3 Å². The Morgan fingerprint density at radius 2 is 2.08 bits per heavy atom. The molecule has 136 valence electrons. The Bertz CT molecular complexity index is 842. The van der Waals surface area contributed by atoms with Gasteiger partial charge in [-0.25, -0.2) is 4.79 Å². The molecule has 1 aliphatic rings. The summed E-state index contributed by atoms with van der Waals surface area (Å²) in [5.41, 5.74) is 3.33. The Morgan fingerprint density at radius 1 is 1.23 bits per heavy atom. The highest BCUT2D eigenvalue weighted by atomic mass is 16.5. The van der Waals surface area contributed by atoms with Crippen LogP contribution in [0.5, 0.6) is 0 Å². The summed E-state index contributed by atoms with van der Waals surface area (Å²) >= 11 is 0. The maximum absolute atomic E-state index is 12.4. The van der Waals surface area contributed by atoms with Gasteiger partial charge < -0.3 is 10.1 Å². The molecule has 26 heavy (non-hydrogen) atoms. The minimum atomic E-state index is -0.503. The summed E-state index contributed by atoms with van der Waals surface area (Å²) in [6, 6.07) is 9.10. The number of amides is 1. The normalized spacial score (nSPS) is 14.0. The molecule has 0 saturated carbocycles. The maximum atomic E-state index is 12.4. The van der Waals surface area contributed by atoms with Gasteiger partial charge in [0.25, 0.3) is 5.91 Å². The molecule has 0 atom stereocenters. The van der Waals surface area contributed by atoms with Gasteiger partial charge in [-0.15, -0.1) is 0 Å². The van der Waals surface area contributed by atoms with E-state index >= 15 is 0 Å². The first-order chi connectivity index (χ1) is 12.6. The molecule has 1 aliphatic carbocycles. The maximum Gasteiger partial charge on any atom is 0.339 e. The summed E-state index contributed by atoms with van der Waals surface area (Å²) in [5, 5.41) is 3.55. The van der Waals surface area contributed by atoms with Crippen molar-refractivity contribution in [2.45, 2.75) is 39.0 Å².